The summed E-state index contributed by atoms with van der Waals surface area (Å²) in [6.45, 7) is 7.52. The summed E-state index contributed by atoms with van der Waals surface area (Å²) in [5.41, 5.74) is 0.282. The minimum absolute atomic E-state index is 0.0926. The maximum Gasteiger partial charge on any atom is 0.253 e. The number of rotatable bonds is 6. The van der Waals surface area contributed by atoms with Crippen molar-refractivity contribution in [3.8, 4) is 0 Å². The van der Waals surface area contributed by atoms with Gasteiger partial charge in [-0.05, 0) is 46.4 Å². The number of amides is 2. The molecule has 0 saturated carbocycles. The van der Waals surface area contributed by atoms with E-state index in [-0.39, 0.29) is 17.9 Å². The van der Waals surface area contributed by atoms with Gasteiger partial charge in [0.25, 0.3) is 5.91 Å². The normalized spacial score (nSPS) is 12.6. The lowest BCUT2D eigenvalue weighted by atomic mass is 10.0. The molecule has 0 saturated heterocycles. The van der Waals surface area contributed by atoms with E-state index in [4.69, 9.17) is 0 Å². The maximum atomic E-state index is 12.3. The van der Waals surface area contributed by atoms with Gasteiger partial charge in [-0.1, -0.05) is 19.1 Å². The van der Waals surface area contributed by atoms with Gasteiger partial charge in [0.2, 0.25) is 5.91 Å². The first-order valence-electron chi connectivity index (χ1n) is 7.22. The molecule has 0 aliphatic heterocycles. The van der Waals surface area contributed by atoms with E-state index in [1.807, 2.05) is 13.8 Å². The topological polar surface area (TPSA) is 70.2 Å². The summed E-state index contributed by atoms with van der Waals surface area (Å²) < 4.78 is 0. The van der Waals surface area contributed by atoms with Crippen LogP contribution in [0.3, 0.4) is 0 Å². The molecule has 116 valence electrons. The molecule has 1 rings (SSSR count). The van der Waals surface area contributed by atoms with Crippen molar-refractivity contribution >= 4 is 17.5 Å². The second-order valence-corrected chi connectivity index (χ2v) is 5.66. The molecule has 0 aliphatic carbocycles. The first-order valence-corrected chi connectivity index (χ1v) is 7.22. The predicted octanol–water partition coefficient (Wildman–Crippen LogP) is 2.15. The predicted molar refractivity (Wildman–Crippen MR) is 85.4 cm³/mol. The van der Waals surface area contributed by atoms with Crippen molar-refractivity contribution < 1.29 is 9.59 Å². The number of hydrogen-bond acceptors (Lipinski definition) is 3. The van der Waals surface area contributed by atoms with Crippen molar-refractivity contribution in [2.45, 2.75) is 45.7 Å². The summed E-state index contributed by atoms with van der Waals surface area (Å²) in [6.07, 6.45) is 0.854. The summed E-state index contributed by atoms with van der Waals surface area (Å²) in [7, 11) is 1.72. The minimum atomic E-state index is -0.708. The first-order chi connectivity index (χ1) is 9.81. The van der Waals surface area contributed by atoms with Crippen molar-refractivity contribution in [3.05, 3.63) is 29.8 Å². The third-order valence-electron chi connectivity index (χ3n) is 3.60. The molecule has 0 aromatic heterocycles. The van der Waals surface area contributed by atoms with E-state index in [1.54, 1.807) is 45.2 Å². The zero-order valence-corrected chi connectivity index (χ0v) is 13.4. The molecule has 0 aliphatic rings. The van der Waals surface area contributed by atoms with Crippen LogP contribution in [-0.2, 0) is 4.79 Å². The molecule has 1 atom stereocenters. The largest absolute Gasteiger partial charge is 0.350 e. The highest BCUT2D eigenvalue weighted by Crippen LogP contribution is 2.17. The van der Waals surface area contributed by atoms with Crippen LogP contribution in [0, 0.1) is 0 Å². The van der Waals surface area contributed by atoms with E-state index >= 15 is 0 Å². The van der Waals surface area contributed by atoms with Gasteiger partial charge < -0.3 is 16.0 Å². The van der Waals surface area contributed by atoms with Crippen LogP contribution in [0.2, 0.25) is 0 Å². The van der Waals surface area contributed by atoms with Crippen LogP contribution >= 0.6 is 0 Å². The van der Waals surface area contributed by atoms with Crippen molar-refractivity contribution in [1.82, 2.24) is 10.6 Å². The van der Waals surface area contributed by atoms with Crippen molar-refractivity contribution in [2.75, 3.05) is 12.4 Å². The Bertz CT molecular complexity index is 512. The van der Waals surface area contributed by atoms with Gasteiger partial charge in [-0.3, -0.25) is 9.59 Å². The smallest absolute Gasteiger partial charge is 0.253 e. The van der Waals surface area contributed by atoms with Crippen LogP contribution in [-0.4, -0.2) is 30.4 Å². The van der Waals surface area contributed by atoms with E-state index in [0.29, 0.717) is 11.3 Å². The molecular formula is C16H25N3O2. The molecule has 5 heteroatoms. The van der Waals surface area contributed by atoms with Crippen molar-refractivity contribution in [3.63, 3.8) is 0 Å². The van der Waals surface area contributed by atoms with Crippen LogP contribution in [0.25, 0.3) is 0 Å². The average Bonchev–Trinajstić information content (AvgIpc) is 2.47. The van der Waals surface area contributed by atoms with E-state index in [1.165, 1.54) is 0 Å². The summed E-state index contributed by atoms with van der Waals surface area (Å²) in [5, 5.41) is 8.66. The lowest BCUT2D eigenvalue weighted by Crippen LogP contribution is -2.48. The lowest BCUT2D eigenvalue weighted by molar-refractivity contribution is -0.121. The van der Waals surface area contributed by atoms with Gasteiger partial charge in [-0.15, -0.1) is 0 Å². The third kappa shape index (κ3) is 4.56. The van der Waals surface area contributed by atoms with Gasteiger partial charge in [0, 0.05) is 6.04 Å². The number of para-hydroxylation sites is 1. The average molecular weight is 291 g/mol. The highest BCUT2D eigenvalue weighted by molar-refractivity contribution is 6.05. The summed E-state index contributed by atoms with van der Waals surface area (Å²) >= 11 is 0. The maximum absolute atomic E-state index is 12.3. The molecule has 1 aromatic rings. The minimum Gasteiger partial charge on any atom is -0.350 e. The lowest BCUT2D eigenvalue weighted by Gasteiger charge is -2.23. The SMILES string of the molecule is CCC(C)NC(=O)c1ccccc1NC(=O)C(C)(C)NC. The van der Waals surface area contributed by atoms with Gasteiger partial charge in [0.15, 0.2) is 0 Å². The van der Waals surface area contributed by atoms with Gasteiger partial charge in [0.1, 0.15) is 0 Å². The number of carbonyl (C=O) groups is 2. The van der Waals surface area contributed by atoms with Crippen LogP contribution in [0.5, 0.6) is 0 Å². The molecule has 1 unspecified atom stereocenters. The molecule has 0 radical (unpaired) electrons. The number of anilines is 1. The molecule has 1 aromatic carbocycles. The van der Waals surface area contributed by atoms with E-state index in [2.05, 4.69) is 16.0 Å². The highest BCUT2D eigenvalue weighted by Gasteiger charge is 2.26. The zero-order valence-electron chi connectivity index (χ0n) is 13.4. The number of benzene rings is 1. The molecule has 5 nitrogen and oxygen atoms in total. The standard InChI is InChI=1S/C16H25N3O2/c1-6-11(2)18-14(20)12-9-7-8-10-13(12)19-15(21)16(3,4)17-5/h7-11,17H,6H2,1-5H3,(H,18,20)(H,19,21). The Morgan fingerprint density at radius 2 is 1.86 bits per heavy atom. The number of carbonyl (C=O) groups excluding carboxylic acids is 2. The Balaban J connectivity index is 2.95. The highest BCUT2D eigenvalue weighted by atomic mass is 16.2. The third-order valence-corrected chi connectivity index (χ3v) is 3.60. The van der Waals surface area contributed by atoms with Crippen LogP contribution in [0.4, 0.5) is 5.69 Å². The zero-order chi connectivity index (χ0) is 16.0. The second kappa shape index (κ2) is 7.22. The Kier molecular flexibility index (Phi) is 5.90. The van der Waals surface area contributed by atoms with Gasteiger partial charge in [-0.2, -0.15) is 0 Å². The number of likely N-dealkylation sites (N-methyl/N-ethyl adjacent to an activating group) is 1. The van der Waals surface area contributed by atoms with Crippen molar-refractivity contribution in [1.29, 1.82) is 0 Å². The Hall–Kier alpha value is -1.88. The van der Waals surface area contributed by atoms with Gasteiger partial charge in [0.05, 0.1) is 16.8 Å². The van der Waals surface area contributed by atoms with E-state index in [9.17, 15) is 9.59 Å². The number of nitrogens with one attached hydrogen (secondary N) is 3. The molecule has 0 bridgehead atoms. The summed E-state index contributed by atoms with van der Waals surface area (Å²) in [6, 6.07) is 7.11. The molecule has 21 heavy (non-hydrogen) atoms. The fourth-order valence-electron chi connectivity index (χ4n) is 1.59. The van der Waals surface area contributed by atoms with E-state index < -0.39 is 5.54 Å². The molecule has 3 N–H and O–H groups in total. The quantitative estimate of drug-likeness (QED) is 0.752. The van der Waals surface area contributed by atoms with Crippen LogP contribution in [0.1, 0.15) is 44.5 Å². The number of hydrogen-bond donors (Lipinski definition) is 3. The molecule has 0 fully saturated rings. The molecule has 0 heterocycles. The monoisotopic (exact) mass is 291 g/mol. The Morgan fingerprint density at radius 3 is 2.43 bits per heavy atom. The first kappa shape index (κ1) is 17.2. The Labute approximate surface area is 126 Å². The fourth-order valence-corrected chi connectivity index (χ4v) is 1.59. The second-order valence-electron chi connectivity index (χ2n) is 5.66. The van der Waals surface area contributed by atoms with Crippen LogP contribution in [0.15, 0.2) is 24.3 Å². The molecular weight excluding hydrogens is 266 g/mol. The Morgan fingerprint density at radius 1 is 1.24 bits per heavy atom. The van der Waals surface area contributed by atoms with Crippen LogP contribution < -0.4 is 16.0 Å². The summed E-state index contributed by atoms with van der Waals surface area (Å²) in [5.74, 6) is -0.365. The fraction of sp³-hybridized carbons (Fsp3) is 0.500. The van der Waals surface area contributed by atoms with Gasteiger partial charge >= 0.3 is 0 Å². The summed E-state index contributed by atoms with van der Waals surface area (Å²) in [4.78, 5) is 24.5. The molecule has 2 amide bonds. The van der Waals surface area contributed by atoms with Crippen molar-refractivity contribution in [2.24, 2.45) is 0 Å². The van der Waals surface area contributed by atoms with E-state index in [0.717, 1.165) is 6.42 Å². The molecule has 0 spiro atoms. The van der Waals surface area contributed by atoms with Gasteiger partial charge in [-0.25, -0.2) is 0 Å².